The van der Waals surface area contributed by atoms with E-state index in [1.807, 2.05) is 12.1 Å². The van der Waals surface area contributed by atoms with Gasteiger partial charge in [0.15, 0.2) is 0 Å². The van der Waals surface area contributed by atoms with Gasteiger partial charge in [0.2, 0.25) is 0 Å². The molecule has 150 valence electrons. The average Bonchev–Trinajstić information content (AvgIpc) is 2.72. The summed E-state index contributed by atoms with van der Waals surface area (Å²) in [5, 5.41) is 8.41. The average molecular weight is 384 g/mol. The Hall–Kier alpha value is -3.06. The molecule has 0 spiro atoms. The molecule has 0 atom stereocenters. The van der Waals surface area contributed by atoms with Crippen LogP contribution in [-0.4, -0.2) is 50.1 Å². The second kappa shape index (κ2) is 10.9. The maximum absolute atomic E-state index is 12.4. The zero-order valence-electron chi connectivity index (χ0n) is 16.6. The van der Waals surface area contributed by atoms with Crippen LogP contribution in [0.15, 0.2) is 48.5 Å². The van der Waals surface area contributed by atoms with Crippen molar-refractivity contribution in [3.05, 3.63) is 54.1 Å². The van der Waals surface area contributed by atoms with E-state index in [2.05, 4.69) is 34.7 Å². The van der Waals surface area contributed by atoms with Gasteiger partial charge in [-0.1, -0.05) is 26.0 Å². The first-order valence-corrected chi connectivity index (χ1v) is 9.39. The predicted octanol–water partition coefficient (Wildman–Crippen LogP) is 3.41. The molecule has 2 aromatic carbocycles. The Morgan fingerprint density at radius 2 is 1.64 bits per heavy atom. The Bertz CT molecular complexity index is 773. The summed E-state index contributed by atoms with van der Waals surface area (Å²) in [5.41, 5.74) is 1.71. The van der Waals surface area contributed by atoms with E-state index in [1.54, 1.807) is 43.5 Å². The molecule has 0 unspecified atom stereocenters. The highest BCUT2D eigenvalue weighted by Crippen LogP contribution is 2.23. The van der Waals surface area contributed by atoms with Crippen LogP contribution in [0.2, 0.25) is 0 Å². The standard InChI is InChI=1S/C21H28N4O3/c1-4-25(5-2)15-14-22-21(27)23-17-12-10-16(11-13-17)20(26)24-18-8-6-7-9-19(18)28-3/h6-13H,4-5,14-15H2,1-3H3,(H,24,26)(H2,22,23,27). The number of methoxy groups -OCH3 is 1. The van der Waals surface area contributed by atoms with Gasteiger partial charge in [-0.25, -0.2) is 4.79 Å². The summed E-state index contributed by atoms with van der Waals surface area (Å²) in [6.45, 7) is 7.48. The van der Waals surface area contributed by atoms with Gasteiger partial charge in [0.25, 0.3) is 5.91 Å². The third-order valence-corrected chi connectivity index (χ3v) is 4.37. The molecule has 7 nitrogen and oxygen atoms in total. The zero-order chi connectivity index (χ0) is 20.4. The van der Waals surface area contributed by atoms with E-state index in [1.165, 1.54) is 0 Å². The van der Waals surface area contributed by atoms with Crippen LogP contribution in [0.3, 0.4) is 0 Å². The normalized spacial score (nSPS) is 10.4. The van der Waals surface area contributed by atoms with Gasteiger partial charge in [-0.3, -0.25) is 4.79 Å². The molecule has 2 rings (SSSR count). The molecule has 0 aliphatic rings. The summed E-state index contributed by atoms with van der Waals surface area (Å²) in [5.74, 6) is 0.343. The maximum atomic E-state index is 12.4. The van der Waals surface area contributed by atoms with Crippen molar-refractivity contribution in [2.24, 2.45) is 0 Å². The number of para-hydroxylation sites is 2. The SMILES string of the molecule is CCN(CC)CCNC(=O)Nc1ccc(C(=O)Nc2ccccc2OC)cc1. The van der Waals surface area contributed by atoms with E-state index in [9.17, 15) is 9.59 Å². The van der Waals surface area contributed by atoms with Crippen LogP contribution in [0.1, 0.15) is 24.2 Å². The van der Waals surface area contributed by atoms with Crippen molar-refractivity contribution in [2.45, 2.75) is 13.8 Å². The fourth-order valence-electron chi connectivity index (χ4n) is 2.69. The topological polar surface area (TPSA) is 82.7 Å². The lowest BCUT2D eigenvalue weighted by Crippen LogP contribution is -2.36. The van der Waals surface area contributed by atoms with Gasteiger partial charge in [0.1, 0.15) is 5.75 Å². The number of anilines is 2. The summed E-state index contributed by atoms with van der Waals surface area (Å²) in [6, 6.07) is 13.7. The lowest BCUT2D eigenvalue weighted by atomic mass is 10.2. The van der Waals surface area contributed by atoms with Crippen molar-refractivity contribution in [3.8, 4) is 5.75 Å². The molecule has 0 radical (unpaired) electrons. The highest BCUT2D eigenvalue weighted by molar-refractivity contribution is 6.05. The van der Waals surface area contributed by atoms with Crippen LogP contribution in [-0.2, 0) is 0 Å². The van der Waals surface area contributed by atoms with Crippen molar-refractivity contribution in [2.75, 3.05) is 43.9 Å². The fraction of sp³-hybridized carbons (Fsp3) is 0.333. The van der Waals surface area contributed by atoms with Crippen LogP contribution in [0.5, 0.6) is 5.75 Å². The van der Waals surface area contributed by atoms with Crippen LogP contribution in [0.4, 0.5) is 16.2 Å². The Labute approximate surface area is 166 Å². The van der Waals surface area contributed by atoms with Crippen molar-refractivity contribution in [3.63, 3.8) is 0 Å². The molecule has 0 fully saturated rings. The van der Waals surface area contributed by atoms with Crippen molar-refractivity contribution in [1.29, 1.82) is 0 Å². The molecule has 3 amide bonds. The first kappa shape index (κ1) is 21.2. The second-order valence-electron chi connectivity index (χ2n) is 6.14. The number of carbonyl (C=O) groups is 2. The maximum Gasteiger partial charge on any atom is 0.319 e. The minimum absolute atomic E-state index is 0.250. The number of ether oxygens (including phenoxy) is 1. The number of amides is 3. The number of hydrogen-bond acceptors (Lipinski definition) is 4. The number of urea groups is 1. The number of likely N-dealkylation sites (N-methyl/N-ethyl adjacent to an activating group) is 1. The number of carbonyl (C=O) groups excluding carboxylic acids is 2. The smallest absolute Gasteiger partial charge is 0.319 e. The molecule has 0 aromatic heterocycles. The first-order valence-electron chi connectivity index (χ1n) is 9.39. The van der Waals surface area contributed by atoms with Gasteiger partial charge in [0, 0.05) is 24.3 Å². The van der Waals surface area contributed by atoms with Crippen LogP contribution >= 0.6 is 0 Å². The van der Waals surface area contributed by atoms with E-state index in [0.29, 0.717) is 29.2 Å². The Balaban J connectivity index is 1.87. The number of nitrogens with zero attached hydrogens (tertiary/aromatic N) is 1. The third-order valence-electron chi connectivity index (χ3n) is 4.37. The third kappa shape index (κ3) is 6.28. The Morgan fingerprint density at radius 3 is 2.29 bits per heavy atom. The summed E-state index contributed by atoms with van der Waals surface area (Å²) in [7, 11) is 1.55. The number of hydrogen-bond donors (Lipinski definition) is 3. The summed E-state index contributed by atoms with van der Waals surface area (Å²) >= 11 is 0. The molecule has 3 N–H and O–H groups in total. The molecule has 0 saturated carbocycles. The van der Waals surface area contributed by atoms with Crippen LogP contribution < -0.4 is 20.7 Å². The summed E-state index contributed by atoms with van der Waals surface area (Å²) < 4.78 is 5.23. The molecular formula is C21H28N4O3. The molecular weight excluding hydrogens is 356 g/mol. The van der Waals surface area contributed by atoms with Crippen molar-refractivity contribution in [1.82, 2.24) is 10.2 Å². The molecule has 0 aliphatic heterocycles. The molecule has 28 heavy (non-hydrogen) atoms. The van der Waals surface area contributed by atoms with E-state index >= 15 is 0 Å². The predicted molar refractivity (Wildman–Crippen MR) is 112 cm³/mol. The second-order valence-corrected chi connectivity index (χ2v) is 6.14. The van der Waals surface area contributed by atoms with Gasteiger partial charge >= 0.3 is 6.03 Å². The molecule has 0 heterocycles. The Morgan fingerprint density at radius 1 is 0.964 bits per heavy atom. The van der Waals surface area contributed by atoms with E-state index < -0.39 is 0 Å². The lowest BCUT2D eigenvalue weighted by molar-refractivity contribution is 0.102. The van der Waals surface area contributed by atoms with Gasteiger partial charge in [-0.2, -0.15) is 0 Å². The number of nitrogens with one attached hydrogen (secondary N) is 3. The fourth-order valence-corrected chi connectivity index (χ4v) is 2.69. The van der Waals surface area contributed by atoms with Crippen molar-refractivity contribution >= 4 is 23.3 Å². The molecule has 0 aliphatic carbocycles. The van der Waals surface area contributed by atoms with Crippen molar-refractivity contribution < 1.29 is 14.3 Å². The van der Waals surface area contributed by atoms with E-state index in [4.69, 9.17) is 4.74 Å². The van der Waals surface area contributed by atoms with Gasteiger partial charge in [-0.15, -0.1) is 0 Å². The molecule has 7 heteroatoms. The summed E-state index contributed by atoms with van der Waals surface area (Å²) in [6.07, 6.45) is 0. The molecule has 0 bridgehead atoms. The highest BCUT2D eigenvalue weighted by Gasteiger charge is 2.10. The number of benzene rings is 2. The lowest BCUT2D eigenvalue weighted by Gasteiger charge is -2.18. The highest BCUT2D eigenvalue weighted by atomic mass is 16.5. The van der Waals surface area contributed by atoms with Gasteiger partial charge < -0.3 is 25.6 Å². The quantitative estimate of drug-likeness (QED) is 0.619. The van der Waals surface area contributed by atoms with Crippen LogP contribution in [0.25, 0.3) is 0 Å². The largest absolute Gasteiger partial charge is 0.495 e. The molecule has 0 saturated heterocycles. The zero-order valence-corrected chi connectivity index (χ0v) is 16.6. The minimum atomic E-state index is -0.265. The van der Waals surface area contributed by atoms with Gasteiger partial charge in [-0.05, 0) is 49.5 Å². The number of rotatable bonds is 9. The minimum Gasteiger partial charge on any atom is -0.495 e. The van der Waals surface area contributed by atoms with Gasteiger partial charge in [0.05, 0.1) is 12.8 Å². The van der Waals surface area contributed by atoms with Crippen LogP contribution in [0, 0.1) is 0 Å². The first-order chi connectivity index (χ1) is 13.6. The van der Waals surface area contributed by atoms with E-state index in [-0.39, 0.29) is 11.9 Å². The monoisotopic (exact) mass is 384 g/mol. The Kier molecular flexibility index (Phi) is 8.30. The van der Waals surface area contributed by atoms with E-state index in [0.717, 1.165) is 19.6 Å². The molecule has 2 aromatic rings. The summed E-state index contributed by atoms with van der Waals surface area (Å²) in [4.78, 5) is 26.6.